The molecule has 0 spiro atoms. The van der Waals surface area contributed by atoms with Gasteiger partial charge < -0.3 is 9.47 Å². The largest absolute Gasteiger partial charge is 0.379 e. The molecule has 0 aliphatic carbocycles. The highest BCUT2D eigenvalue weighted by Crippen LogP contribution is 2.14. The van der Waals surface area contributed by atoms with E-state index in [4.69, 9.17) is 9.47 Å². The fourth-order valence-corrected chi connectivity index (χ4v) is 3.88. The van der Waals surface area contributed by atoms with Crippen molar-refractivity contribution in [3.05, 3.63) is 0 Å². The molecule has 0 N–H and O–H groups in total. The highest BCUT2D eigenvalue weighted by molar-refractivity contribution is 7.89. The molecule has 7 heteroatoms. The van der Waals surface area contributed by atoms with Gasteiger partial charge in [0.05, 0.1) is 25.1 Å². The van der Waals surface area contributed by atoms with Crippen molar-refractivity contribution in [1.82, 2.24) is 9.21 Å². The zero-order chi connectivity index (χ0) is 14.6. The van der Waals surface area contributed by atoms with Crippen LogP contribution in [0, 0.1) is 0 Å². The fourth-order valence-electron chi connectivity index (χ4n) is 2.71. The normalized spacial score (nSPS) is 29.9. The van der Waals surface area contributed by atoms with Gasteiger partial charge in [0.1, 0.15) is 0 Å². The van der Waals surface area contributed by atoms with Crippen molar-refractivity contribution in [2.45, 2.75) is 32.4 Å². The second-order valence-corrected chi connectivity index (χ2v) is 7.76. The molecule has 0 aromatic rings. The van der Waals surface area contributed by atoms with Gasteiger partial charge in [-0.1, -0.05) is 0 Å². The lowest BCUT2D eigenvalue weighted by molar-refractivity contribution is 0.0165. The molecule has 2 saturated heterocycles. The molecule has 118 valence electrons. The van der Waals surface area contributed by atoms with Gasteiger partial charge in [0, 0.05) is 38.8 Å². The van der Waals surface area contributed by atoms with Gasteiger partial charge in [0.2, 0.25) is 10.0 Å². The third-order valence-electron chi connectivity index (χ3n) is 4.11. The molecule has 2 aliphatic rings. The van der Waals surface area contributed by atoms with Crippen molar-refractivity contribution >= 4 is 10.0 Å². The van der Waals surface area contributed by atoms with E-state index in [1.165, 1.54) is 0 Å². The van der Waals surface area contributed by atoms with E-state index in [0.717, 1.165) is 26.1 Å². The SMILES string of the molecule is CCS(=O)(=O)N1CCN(CCOC2CCOC2)[C@H](C)C1. The van der Waals surface area contributed by atoms with Crippen LogP contribution in [0.4, 0.5) is 0 Å². The Morgan fingerprint density at radius 2 is 2.15 bits per heavy atom. The van der Waals surface area contributed by atoms with Gasteiger partial charge in [-0.3, -0.25) is 4.90 Å². The molecule has 2 rings (SSSR count). The number of rotatable bonds is 6. The average molecular weight is 306 g/mol. The van der Waals surface area contributed by atoms with E-state index in [1.807, 2.05) is 0 Å². The first kappa shape index (κ1) is 16.2. The summed E-state index contributed by atoms with van der Waals surface area (Å²) < 4.78 is 36.4. The van der Waals surface area contributed by atoms with Crippen LogP contribution in [0.5, 0.6) is 0 Å². The van der Waals surface area contributed by atoms with E-state index in [-0.39, 0.29) is 17.9 Å². The standard InChI is InChI=1S/C13H26N2O4S/c1-3-20(16,17)15-6-5-14(12(2)10-15)7-9-19-13-4-8-18-11-13/h12-13H,3-11H2,1-2H3/t12-,13?/m1/s1. The maximum absolute atomic E-state index is 11.9. The third kappa shape index (κ3) is 4.14. The summed E-state index contributed by atoms with van der Waals surface area (Å²) in [6.07, 6.45) is 1.23. The summed E-state index contributed by atoms with van der Waals surface area (Å²) in [5, 5.41) is 0. The molecule has 0 amide bonds. The van der Waals surface area contributed by atoms with E-state index in [1.54, 1.807) is 11.2 Å². The van der Waals surface area contributed by atoms with E-state index >= 15 is 0 Å². The molecule has 20 heavy (non-hydrogen) atoms. The third-order valence-corrected chi connectivity index (χ3v) is 5.95. The van der Waals surface area contributed by atoms with Gasteiger partial charge in [-0.05, 0) is 20.3 Å². The van der Waals surface area contributed by atoms with Crippen molar-refractivity contribution in [3.8, 4) is 0 Å². The maximum Gasteiger partial charge on any atom is 0.213 e. The number of hydrogen-bond acceptors (Lipinski definition) is 5. The number of nitrogens with zero attached hydrogens (tertiary/aromatic N) is 2. The Hall–Kier alpha value is -0.210. The lowest BCUT2D eigenvalue weighted by Gasteiger charge is -2.39. The molecule has 6 nitrogen and oxygen atoms in total. The van der Waals surface area contributed by atoms with Gasteiger partial charge in [-0.15, -0.1) is 0 Å². The summed E-state index contributed by atoms with van der Waals surface area (Å²) in [5.74, 6) is 0.185. The van der Waals surface area contributed by atoms with Crippen molar-refractivity contribution in [3.63, 3.8) is 0 Å². The second kappa shape index (κ2) is 7.17. The average Bonchev–Trinajstić information content (AvgIpc) is 2.93. The summed E-state index contributed by atoms with van der Waals surface area (Å²) in [6.45, 7) is 8.80. The Morgan fingerprint density at radius 1 is 1.35 bits per heavy atom. The van der Waals surface area contributed by atoms with Crippen molar-refractivity contribution in [2.24, 2.45) is 0 Å². The van der Waals surface area contributed by atoms with E-state index in [2.05, 4.69) is 11.8 Å². The maximum atomic E-state index is 11.9. The van der Waals surface area contributed by atoms with Crippen LogP contribution in [0.1, 0.15) is 20.3 Å². The van der Waals surface area contributed by atoms with Gasteiger partial charge in [-0.2, -0.15) is 4.31 Å². The summed E-state index contributed by atoms with van der Waals surface area (Å²) >= 11 is 0. The van der Waals surface area contributed by atoms with Crippen LogP contribution in [0.15, 0.2) is 0 Å². The van der Waals surface area contributed by atoms with Crippen LogP contribution in [-0.2, 0) is 19.5 Å². The zero-order valence-electron chi connectivity index (χ0n) is 12.5. The molecular weight excluding hydrogens is 280 g/mol. The van der Waals surface area contributed by atoms with E-state index in [0.29, 0.717) is 26.3 Å². The van der Waals surface area contributed by atoms with Crippen molar-refractivity contribution in [1.29, 1.82) is 0 Å². The van der Waals surface area contributed by atoms with Crippen LogP contribution < -0.4 is 0 Å². The van der Waals surface area contributed by atoms with Crippen LogP contribution in [-0.4, -0.2) is 81.5 Å². The number of piperazine rings is 1. The topological polar surface area (TPSA) is 59.1 Å². The highest BCUT2D eigenvalue weighted by atomic mass is 32.2. The van der Waals surface area contributed by atoms with Gasteiger partial charge in [0.25, 0.3) is 0 Å². The number of hydrogen-bond donors (Lipinski definition) is 0. The smallest absolute Gasteiger partial charge is 0.213 e. The Balaban J connectivity index is 1.72. The Kier molecular flexibility index (Phi) is 5.80. The van der Waals surface area contributed by atoms with Crippen LogP contribution in [0.3, 0.4) is 0 Å². The van der Waals surface area contributed by atoms with Crippen LogP contribution in [0.2, 0.25) is 0 Å². The van der Waals surface area contributed by atoms with E-state index in [9.17, 15) is 8.42 Å². The first-order valence-corrected chi connectivity index (χ1v) is 9.05. The zero-order valence-corrected chi connectivity index (χ0v) is 13.3. The molecule has 0 saturated carbocycles. The lowest BCUT2D eigenvalue weighted by Crippen LogP contribution is -2.54. The molecule has 0 aromatic heterocycles. The number of sulfonamides is 1. The monoisotopic (exact) mass is 306 g/mol. The molecule has 0 bridgehead atoms. The van der Waals surface area contributed by atoms with Crippen molar-refractivity contribution in [2.75, 3.05) is 51.8 Å². The Labute approximate surface area is 122 Å². The molecule has 2 fully saturated rings. The minimum atomic E-state index is -3.05. The Morgan fingerprint density at radius 3 is 2.75 bits per heavy atom. The molecule has 0 aromatic carbocycles. The van der Waals surface area contributed by atoms with Gasteiger partial charge in [-0.25, -0.2) is 8.42 Å². The summed E-state index contributed by atoms with van der Waals surface area (Å²) in [6, 6.07) is 0.244. The molecule has 2 heterocycles. The van der Waals surface area contributed by atoms with Crippen LogP contribution in [0.25, 0.3) is 0 Å². The summed E-state index contributed by atoms with van der Waals surface area (Å²) in [5.41, 5.74) is 0. The molecule has 0 radical (unpaired) electrons. The first-order chi connectivity index (χ1) is 9.53. The highest BCUT2D eigenvalue weighted by Gasteiger charge is 2.29. The minimum absolute atomic E-state index is 0.185. The molecule has 2 aliphatic heterocycles. The fraction of sp³-hybridized carbons (Fsp3) is 1.00. The summed E-state index contributed by atoms with van der Waals surface area (Å²) in [7, 11) is -3.05. The van der Waals surface area contributed by atoms with Crippen molar-refractivity contribution < 1.29 is 17.9 Å². The number of ether oxygens (including phenoxy) is 2. The Bertz CT molecular complexity index is 395. The second-order valence-electron chi connectivity index (χ2n) is 5.50. The molecular formula is C13H26N2O4S. The lowest BCUT2D eigenvalue weighted by atomic mass is 10.2. The van der Waals surface area contributed by atoms with E-state index < -0.39 is 10.0 Å². The quantitative estimate of drug-likeness (QED) is 0.699. The molecule has 2 atom stereocenters. The first-order valence-electron chi connectivity index (χ1n) is 7.44. The predicted octanol–water partition coefficient (Wildman–Crippen LogP) is 0.148. The minimum Gasteiger partial charge on any atom is -0.379 e. The summed E-state index contributed by atoms with van der Waals surface area (Å²) in [4.78, 5) is 2.30. The predicted molar refractivity (Wildman–Crippen MR) is 77.2 cm³/mol. The van der Waals surface area contributed by atoms with Gasteiger partial charge >= 0.3 is 0 Å². The van der Waals surface area contributed by atoms with Crippen LogP contribution >= 0.6 is 0 Å². The van der Waals surface area contributed by atoms with Gasteiger partial charge in [0.15, 0.2) is 0 Å². The molecule has 1 unspecified atom stereocenters.